The summed E-state index contributed by atoms with van der Waals surface area (Å²) in [4.78, 5) is 25.3. The van der Waals surface area contributed by atoms with Gasteiger partial charge in [-0.25, -0.2) is 0 Å². The van der Waals surface area contributed by atoms with Gasteiger partial charge in [-0.05, 0) is 18.3 Å². The highest BCUT2D eigenvalue weighted by Gasteiger charge is 2.45. The zero-order chi connectivity index (χ0) is 15.1. The van der Waals surface area contributed by atoms with Crippen LogP contribution in [0.2, 0.25) is 0 Å². The van der Waals surface area contributed by atoms with Crippen molar-refractivity contribution in [1.29, 1.82) is 0 Å². The van der Waals surface area contributed by atoms with Crippen LogP contribution in [0.1, 0.15) is 39.5 Å². The van der Waals surface area contributed by atoms with Gasteiger partial charge in [0.15, 0.2) is 0 Å². The molecule has 2 rings (SSSR count). The first-order valence-corrected chi connectivity index (χ1v) is 6.75. The fourth-order valence-electron chi connectivity index (χ4n) is 2.94. The summed E-state index contributed by atoms with van der Waals surface area (Å²) in [7, 11) is 0. The van der Waals surface area contributed by atoms with Gasteiger partial charge < -0.3 is 5.32 Å². The molecule has 0 aromatic heterocycles. The molecule has 0 aliphatic carbocycles. The lowest BCUT2D eigenvalue weighted by Crippen LogP contribution is -2.59. The molecule has 0 aromatic carbocycles. The largest absolute Gasteiger partial charge is 0.403 e. The maximum absolute atomic E-state index is 12.6. The van der Waals surface area contributed by atoms with Crippen molar-refractivity contribution in [3.63, 3.8) is 0 Å². The second-order valence-corrected chi connectivity index (χ2v) is 6.41. The predicted octanol–water partition coefficient (Wildman–Crippen LogP) is 1.84. The molecule has 2 aliphatic heterocycles. The Morgan fingerprint density at radius 1 is 1.15 bits per heavy atom. The average Bonchev–Trinajstić information content (AvgIpc) is 2.25. The molecule has 1 N–H and O–H groups in total. The molecule has 0 saturated carbocycles. The maximum Gasteiger partial charge on any atom is 0.403 e. The van der Waals surface area contributed by atoms with E-state index in [9.17, 15) is 22.8 Å². The lowest BCUT2D eigenvalue weighted by molar-refractivity contribution is -0.167. The van der Waals surface area contributed by atoms with E-state index in [1.807, 2.05) is 13.8 Å². The summed E-state index contributed by atoms with van der Waals surface area (Å²) in [6.07, 6.45) is -3.65. The van der Waals surface area contributed by atoms with Crippen molar-refractivity contribution in [3.8, 4) is 0 Å². The Labute approximate surface area is 115 Å². The number of hydrogen-bond donors (Lipinski definition) is 1. The summed E-state index contributed by atoms with van der Waals surface area (Å²) >= 11 is 0. The van der Waals surface area contributed by atoms with Gasteiger partial charge in [0.2, 0.25) is 11.8 Å². The smallest absolute Gasteiger partial charge is 0.304 e. The summed E-state index contributed by atoms with van der Waals surface area (Å²) in [5, 5.41) is 2.40. The van der Waals surface area contributed by atoms with Crippen molar-refractivity contribution in [3.05, 3.63) is 0 Å². The molecule has 2 amide bonds. The summed E-state index contributed by atoms with van der Waals surface area (Å²) in [6, 6.07) is -1.99. The highest BCUT2D eigenvalue weighted by molar-refractivity contribution is 5.98. The van der Waals surface area contributed by atoms with Crippen LogP contribution in [0.15, 0.2) is 0 Å². The number of piperidine rings is 2. The molecule has 2 aliphatic rings. The van der Waals surface area contributed by atoms with Gasteiger partial charge in [0, 0.05) is 19.4 Å². The quantitative estimate of drug-likeness (QED) is 0.750. The Hall–Kier alpha value is -1.11. The van der Waals surface area contributed by atoms with E-state index in [-0.39, 0.29) is 49.5 Å². The molecule has 0 radical (unpaired) electrons. The van der Waals surface area contributed by atoms with Gasteiger partial charge in [-0.1, -0.05) is 13.8 Å². The number of rotatable bonds is 1. The van der Waals surface area contributed by atoms with Crippen LogP contribution < -0.4 is 5.32 Å². The molecule has 0 aromatic rings. The minimum absolute atomic E-state index is 0.0160. The molecule has 0 bridgehead atoms. The summed E-state index contributed by atoms with van der Waals surface area (Å²) in [5.41, 5.74) is -0.360. The molecular weight excluding hydrogens is 273 g/mol. The molecule has 0 spiro atoms. The molecule has 4 nitrogen and oxygen atoms in total. The fraction of sp³-hybridized carbons (Fsp3) is 0.846. The van der Waals surface area contributed by atoms with Gasteiger partial charge in [0.1, 0.15) is 6.04 Å². The summed E-state index contributed by atoms with van der Waals surface area (Å²) in [6.45, 7) is 3.71. The third-order valence-corrected chi connectivity index (χ3v) is 3.95. The van der Waals surface area contributed by atoms with Crippen molar-refractivity contribution in [2.45, 2.75) is 57.8 Å². The monoisotopic (exact) mass is 292 g/mol. The van der Waals surface area contributed by atoms with Crippen LogP contribution >= 0.6 is 0 Å². The third-order valence-electron chi connectivity index (χ3n) is 3.95. The highest BCUT2D eigenvalue weighted by atomic mass is 19.4. The van der Waals surface area contributed by atoms with Gasteiger partial charge in [0.05, 0.1) is 6.04 Å². The van der Waals surface area contributed by atoms with E-state index in [4.69, 9.17) is 0 Å². The van der Waals surface area contributed by atoms with Crippen molar-refractivity contribution >= 4 is 11.8 Å². The molecule has 114 valence electrons. The number of hydrogen-bond acceptors (Lipinski definition) is 3. The molecule has 2 fully saturated rings. The minimum atomic E-state index is -4.27. The van der Waals surface area contributed by atoms with Crippen molar-refractivity contribution in [1.82, 2.24) is 10.2 Å². The van der Waals surface area contributed by atoms with Gasteiger partial charge in [-0.2, -0.15) is 13.2 Å². The van der Waals surface area contributed by atoms with Crippen LogP contribution in [0, 0.1) is 5.41 Å². The number of nitrogens with zero attached hydrogens (tertiary/aromatic N) is 1. The molecule has 20 heavy (non-hydrogen) atoms. The summed E-state index contributed by atoms with van der Waals surface area (Å²) < 4.78 is 37.7. The zero-order valence-electron chi connectivity index (χ0n) is 11.6. The first-order valence-electron chi connectivity index (χ1n) is 6.75. The predicted molar refractivity (Wildman–Crippen MR) is 65.7 cm³/mol. The van der Waals surface area contributed by atoms with E-state index in [1.54, 1.807) is 0 Å². The van der Waals surface area contributed by atoms with Crippen molar-refractivity contribution < 1.29 is 22.8 Å². The third kappa shape index (κ3) is 3.13. The van der Waals surface area contributed by atoms with Crippen LogP contribution in [-0.2, 0) is 9.59 Å². The number of likely N-dealkylation sites (tertiary alicyclic amines) is 1. The SMILES string of the molecule is CC1(C)CC(=O)N(C2CCC(C(F)(F)F)NC2)C(=O)C1. The topological polar surface area (TPSA) is 49.4 Å². The Balaban J connectivity index is 2.00. The van der Waals surface area contributed by atoms with Crippen LogP contribution in [0.25, 0.3) is 0 Å². The lowest BCUT2D eigenvalue weighted by atomic mass is 9.81. The van der Waals surface area contributed by atoms with E-state index in [0.29, 0.717) is 0 Å². The number of amides is 2. The van der Waals surface area contributed by atoms with Gasteiger partial charge in [-0.15, -0.1) is 0 Å². The number of nitrogens with one attached hydrogen (secondary N) is 1. The Morgan fingerprint density at radius 2 is 1.70 bits per heavy atom. The Bertz CT molecular complexity index is 392. The first kappa shape index (κ1) is 15.3. The molecule has 2 saturated heterocycles. The van der Waals surface area contributed by atoms with Crippen LogP contribution in [0.4, 0.5) is 13.2 Å². The maximum atomic E-state index is 12.6. The first-order chi connectivity index (χ1) is 9.10. The zero-order valence-corrected chi connectivity index (χ0v) is 11.6. The Kier molecular flexibility index (Phi) is 3.83. The van der Waals surface area contributed by atoms with Gasteiger partial charge in [0.25, 0.3) is 0 Å². The average molecular weight is 292 g/mol. The number of carbonyl (C=O) groups excluding carboxylic acids is 2. The molecular formula is C13H19F3N2O2. The minimum Gasteiger partial charge on any atom is -0.304 e. The van der Waals surface area contributed by atoms with Crippen LogP contribution in [0.5, 0.6) is 0 Å². The van der Waals surface area contributed by atoms with E-state index in [2.05, 4.69) is 5.32 Å². The van der Waals surface area contributed by atoms with Crippen LogP contribution in [0.3, 0.4) is 0 Å². The normalized spacial score (nSPS) is 31.6. The molecule has 2 heterocycles. The second kappa shape index (κ2) is 5.02. The fourth-order valence-corrected chi connectivity index (χ4v) is 2.94. The number of alkyl halides is 3. The van der Waals surface area contributed by atoms with E-state index < -0.39 is 18.3 Å². The number of halogens is 3. The molecule has 2 unspecified atom stereocenters. The van der Waals surface area contributed by atoms with E-state index in [1.165, 1.54) is 4.90 Å². The van der Waals surface area contributed by atoms with Crippen molar-refractivity contribution in [2.75, 3.05) is 6.54 Å². The van der Waals surface area contributed by atoms with E-state index in [0.717, 1.165) is 0 Å². The van der Waals surface area contributed by atoms with Gasteiger partial charge >= 0.3 is 6.18 Å². The molecule has 7 heteroatoms. The van der Waals surface area contributed by atoms with E-state index >= 15 is 0 Å². The Morgan fingerprint density at radius 3 is 2.10 bits per heavy atom. The van der Waals surface area contributed by atoms with Crippen LogP contribution in [-0.4, -0.2) is 41.5 Å². The lowest BCUT2D eigenvalue weighted by Gasteiger charge is -2.42. The van der Waals surface area contributed by atoms with Gasteiger partial charge in [-0.3, -0.25) is 14.5 Å². The summed E-state index contributed by atoms with van der Waals surface area (Å²) in [5.74, 6) is -0.549. The number of carbonyl (C=O) groups is 2. The number of imide groups is 1. The second-order valence-electron chi connectivity index (χ2n) is 6.41. The van der Waals surface area contributed by atoms with Crippen molar-refractivity contribution in [2.24, 2.45) is 5.41 Å². The molecule has 2 atom stereocenters. The highest BCUT2D eigenvalue weighted by Crippen LogP contribution is 2.34. The standard InChI is InChI=1S/C13H19F3N2O2/c1-12(2)5-10(19)18(11(20)6-12)8-3-4-9(17-7-8)13(14,15)16/h8-9,17H,3-7H2,1-2H3.